The van der Waals surface area contributed by atoms with Gasteiger partial charge in [-0.05, 0) is 24.6 Å². The molecule has 0 saturated carbocycles. The van der Waals surface area contributed by atoms with Gasteiger partial charge in [0.05, 0.1) is 12.6 Å². The maximum atomic E-state index is 13.0. The molecule has 1 atom stereocenters. The third-order valence-electron chi connectivity index (χ3n) is 4.83. The molecule has 12 heteroatoms. The van der Waals surface area contributed by atoms with Crippen LogP contribution in [-0.2, 0) is 11.3 Å². The molecule has 2 aromatic rings. The number of amides is 2. The highest BCUT2D eigenvalue weighted by molar-refractivity contribution is 6.31. The Balaban J connectivity index is 1.77. The predicted octanol–water partition coefficient (Wildman–Crippen LogP) is 3.16. The van der Waals surface area contributed by atoms with E-state index in [4.69, 9.17) is 16.3 Å². The summed E-state index contributed by atoms with van der Waals surface area (Å²) in [6, 6.07) is 2.41. The SMILES string of the molecule is COCCNC(=O)c1nccc2c1CN(C(C)c1cnc(OCC(F)(F)F)c(Cl)c1)C2=O. The second kappa shape index (κ2) is 9.70. The molecule has 1 unspecified atom stereocenters. The fourth-order valence-electron chi connectivity index (χ4n) is 3.21. The van der Waals surface area contributed by atoms with Gasteiger partial charge in [0.15, 0.2) is 6.61 Å². The summed E-state index contributed by atoms with van der Waals surface area (Å²) in [4.78, 5) is 34.9. The van der Waals surface area contributed by atoms with Gasteiger partial charge in [-0.15, -0.1) is 0 Å². The van der Waals surface area contributed by atoms with Gasteiger partial charge in [-0.1, -0.05) is 11.6 Å². The van der Waals surface area contributed by atoms with Crippen LogP contribution in [0.5, 0.6) is 5.88 Å². The number of carbonyl (C=O) groups excluding carboxylic acids is 2. The number of hydrogen-bond acceptors (Lipinski definition) is 6. The number of fused-ring (bicyclic) bond motifs is 1. The molecule has 2 amide bonds. The Morgan fingerprint density at radius 2 is 2.12 bits per heavy atom. The molecule has 1 aliphatic rings. The van der Waals surface area contributed by atoms with Gasteiger partial charge in [-0.25, -0.2) is 4.98 Å². The number of methoxy groups -OCH3 is 1. The van der Waals surface area contributed by atoms with Gasteiger partial charge in [0, 0.05) is 43.7 Å². The third kappa shape index (κ3) is 5.28. The van der Waals surface area contributed by atoms with Crippen LogP contribution in [0.25, 0.3) is 0 Å². The van der Waals surface area contributed by atoms with E-state index < -0.39 is 24.7 Å². The Hall–Kier alpha value is -2.92. The highest BCUT2D eigenvalue weighted by atomic mass is 35.5. The Morgan fingerprint density at radius 3 is 2.78 bits per heavy atom. The molecule has 0 saturated heterocycles. The quantitative estimate of drug-likeness (QED) is 0.593. The van der Waals surface area contributed by atoms with Crippen LogP contribution in [0.3, 0.4) is 0 Å². The number of pyridine rings is 2. The first kappa shape index (κ1) is 23.7. The summed E-state index contributed by atoms with van der Waals surface area (Å²) in [7, 11) is 1.51. The van der Waals surface area contributed by atoms with Gasteiger partial charge >= 0.3 is 6.18 Å². The van der Waals surface area contributed by atoms with Gasteiger partial charge in [-0.3, -0.25) is 14.6 Å². The van der Waals surface area contributed by atoms with Crippen molar-refractivity contribution in [1.82, 2.24) is 20.2 Å². The molecular formula is C20H20ClF3N4O4. The molecule has 32 heavy (non-hydrogen) atoms. The van der Waals surface area contributed by atoms with Crippen molar-refractivity contribution in [2.24, 2.45) is 0 Å². The lowest BCUT2D eigenvalue weighted by molar-refractivity contribution is -0.154. The summed E-state index contributed by atoms with van der Waals surface area (Å²) >= 11 is 6.03. The smallest absolute Gasteiger partial charge is 0.422 e. The second-order valence-corrected chi connectivity index (χ2v) is 7.41. The highest BCUT2D eigenvalue weighted by Gasteiger charge is 2.35. The normalized spacial score (nSPS) is 14.3. The number of ether oxygens (including phenoxy) is 2. The van der Waals surface area contributed by atoms with Gasteiger partial charge < -0.3 is 19.7 Å². The molecular weight excluding hydrogens is 453 g/mol. The Kier molecular flexibility index (Phi) is 7.19. The average Bonchev–Trinajstić information content (AvgIpc) is 3.08. The molecule has 0 radical (unpaired) electrons. The van der Waals surface area contributed by atoms with Crippen LogP contribution in [0.2, 0.25) is 5.02 Å². The summed E-state index contributed by atoms with van der Waals surface area (Å²) in [6.45, 7) is 0.955. The maximum Gasteiger partial charge on any atom is 0.422 e. The van der Waals surface area contributed by atoms with E-state index in [0.29, 0.717) is 29.8 Å². The van der Waals surface area contributed by atoms with E-state index in [2.05, 4.69) is 20.0 Å². The molecule has 8 nitrogen and oxygen atoms in total. The minimum absolute atomic E-state index is 0.109. The first-order valence-electron chi connectivity index (χ1n) is 9.53. The Morgan fingerprint density at radius 1 is 1.38 bits per heavy atom. The second-order valence-electron chi connectivity index (χ2n) is 7.00. The summed E-state index contributed by atoms with van der Waals surface area (Å²) in [6.07, 6.45) is -1.83. The van der Waals surface area contributed by atoms with Crippen LogP contribution in [0.1, 0.15) is 44.9 Å². The van der Waals surface area contributed by atoms with Crippen LogP contribution >= 0.6 is 11.6 Å². The van der Waals surface area contributed by atoms with E-state index >= 15 is 0 Å². The molecule has 3 heterocycles. The van der Waals surface area contributed by atoms with Crippen LogP contribution in [0, 0.1) is 0 Å². The van der Waals surface area contributed by atoms with Crippen LogP contribution in [0.15, 0.2) is 24.5 Å². The molecule has 1 N–H and O–H groups in total. The molecule has 3 rings (SSSR count). The largest absolute Gasteiger partial charge is 0.467 e. The van der Waals surface area contributed by atoms with E-state index in [9.17, 15) is 22.8 Å². The zero-order valence-corrected chi connectivity index (χ0v) is 18.0. The molecule has 1 aliphatic heterocycles. The minimum Gasteiger partial charge on any atom is -0.467 e. The maximum absolute atomic E-state index is 13.0. The standard InChI is InChI=1S/C20H20ClF3N4O4/c1-11(12-7-15(21)18(27-8-12)32-10-20(22,23)24)28-9-14-13(19(28)30)3-4-25-16(14)17(29)26-5-6-31-2/h3-4,7-8,11H,5-6,9-10H2,1-2H3,(H,26,29). The Labute approximate surface area is 186 Å². The number of nitrogens with zero attached hydrogens (tertiary/aromatic N) is 3. The van der Waals surface area contributed by atoms with Crippen LogP contribution < -0.4 is 10.1 Å². The summed E-state index contributed by atoms with van der Waals surface area (Å²) < 4.78 is 46.6. The van der Waals surface area contributed by atoms with Crippen molar-refractivity contribution < 1.29 is 32.2 Å². The van der Waals surface area contributed by atoms with E-state index in [1.807, 2.05) is 0 Å². The summed E-state index contributed by atoms with van der Waals surface area (Å²) in [5.74, 6) is -1.08. The van der Waals surface area contributed by atoms with Gasteiger partial charge in [0.25, 0.3) is 11.8 Å². The van der Waals surface area contributed by atoms with Crippen molar-refractivity contribution in [3.8, 4) is 5.88 Å². The van der Waals surface area contributed by atoms with Crippen LogP contribution in [-0.4, -0.2) is 59.7 Å². The lowest BCUT2D eigenvalue weighted by atomic mass is 10.1. The van der Waals surface area contributed by atoms with E-state index in [1.165, 1.54) is 36.5 Å². The number of nitrogens with one attached hydrogen (secondary N) is 1. The molecule has 0 aliphatic carbocycles. The number of alkyl halides is 3. The van der Waals surface area contributed by atoms with E-state index in [1.54, 1.807) is 6.92 Å². The first-order chi connectivity index (χ1) is 15.1. The predicted molar refractivity (Wildman–Crippen MR) is 108 cm³/mol. The molecule has 0 spiro atoms. The average molecular weight is 473 g/mol. The van der Waals surface area contributed by atoms with Gasteiger partial charge in [-0.2, -0.15) is 13.2 Å². The third-order valence-corrected chi connectivity index (χ3v) is 5.10. The molecule has 0 aromatic carbocycles. The Bertz CT molecular complexity index is 1020. The van der Waals surface area contributed by atoms with Crippen LogP contribution in [0.4, 0.5) is 13.2 Å². The molecule has 0 bridgehead atoms. The number of carbonyl (C=O) groups is 2. The number of rotatable bonds is 8. The first-order valence-corrected chi connectivity index (χ1v) is 9.91. The molecule has 2 aromatic heterocycles. The number of hydrogen-bond donors (Lipinski definition) is 1. The summed E-state index contributed by atoms with van der Waals surface area (Å²) in [5.41, 5.74) is 1.49. The molecule has 172 valence electrons. The van der Waals surface area contributed by atoms with Crippen molar-refractivity contribution >= 4 is 23.4 Å². The minimum atomic E-state index is -4.52. The van der Waals surface area contributed by atoms with Crippen molar-refractivity contribution in [3.05, 3.63) is 51.9 Å². The van der Waals surface area contributed by atoms with E-state index in [0.717, 1.165) is 0 Å². The van der Waals surface area contributed by atoms with Crippen molar-refractivity contribution in [1.29, 1.82) is 0 Å². The van der Waals surface area contributed by atoms with Crippen molar-refractivity contribution in [2.75, 3.05) is 26.9 Å². The van der Waals surface area contributed by atoms with Gasteiger partial charge in [0.2, 0.25) is 5.88 Å². The zero-order valence-electron chi connectivity index (χ0n) is 17.2. The lowest BCUT2D eigenvalue weighted by Crippen LogP contribution is -2.29. The van der Waals surface area contributed by atoms with Crippen molar-refractivity contribution in [3.63, 3.8) is 0 Å². The van der Waals surface area contributed by atoms with Crippen molar-refractivity contribution in [2.45, 2.75) is 25.7 Å². The lowest BCUT2D eigenvalue weighted by Gasteiger charge is -2.25. The molecule has 0 fully saturated rings. The zero-order chi connectivity index (χ0) is 23.5. The highest BCUT2D eigenvalue weighted by Crippen LogP contribution is 2.34. The van der Waals surface area contributed by atoms with E-state index in [-0.39, 0.29) is 29.0 Å². The fourth-order valence-corrected chi connectivity index (χ4v) is 3.44. The monoisotopic (exact) mass is 472 g/mol. The summed E-state index contributed by atoms with van der Waals surface area (Å²) in [5, 5.41) is 2.57. The fraction of sp³-hybridized carbons (Fsp3) is 0.400. The number of aromatic nitrogens is 2. The van der Waals surface area contributed by atoms with Gasteiger partial charge in [0.1, 0.15) is 10.7 Å². The topological polar surface area (TPSA) is 93.7 Å². The number of halogens is 4.